The van der Waals surface area contributed by atoms with Gasteiger partial charge in [0.1, 0.15) is 5.82 Å². The van der Waals surface area contributed by atoms with Crippen LogP contribution in [0.25, 0.3) is 0 Å². The summed E-state index contributed by atoms with van der Waals surface area (Å²) in [4.78, 5) is 21.8. The molecule has 2 aliphatic rings. The van der Waals surface area contributed by atoms with Crippen LogP contribution in [0.1, 0.15) is 38.1 Å². The van der Waals surface area contributed by atoms with E-state index >= 15 is 0 Å². The minimum absolute atomic E-state index is 0.181. The largest absolute Gasteiger partial charge is 0.339 e. The molecule has 120 valence electrons. The second-order valence-electron chi connectivity index (χ2n) is 6.31. The third-order valence-corrected chi connectivity index (χ3v) is 4.98. The summed E-state index contributed by atoms with van der Waals surface area (Å²) in [7, 11) is 2.03. The molecule has 0 bridgehead atoms. The standard InChI is InChI=1S/C17H26N4O/c1-3-20-11-12-21(17(22)14-7-5-4-6-8-14)13-15(20)16-18-9-10-19(16)2/h4-5,9-10,14-15H,3,6-8,11-13H2,1-2H3/t14-,15-/m0/s1. The summed E-state index contributed by atoms with van der Waals surface area (Å²) >= 11 is 0. The topological polar surface area (TPSA) is 41.4 Å². The van der Waals surface area contributed by atoms with Crippen molar-refractivity contribution in [3.8, 4) is 0 Å². The first kappa shape index (κ1) is 15.3. The molecular formula is C17H26N4O. The van der Waals surface area contributed by atoms with Crippen molar-refractivity contribution >= 4 is 5.91 Å². The van der Waals surface area contributed by atoms with Gasteiger partial charge in [-0.3, -0.25) is 9.69 Å². The molecule has 1 amide bonds. The van der Waals surface area contributed by atoms with Gasteiger partial charge < -0.3 is 9.47 Å². The third-order valence-electron chi connectivity index (χ3n) is 4.98. The van der Waals surface area contributed by atoms with Crippen molar-refractivity contribution in [2.75, 3.05) is 26.2 Å². The zero-order valence-corrected chi connectivity index (χ0v) is 13.6. The minimum atomic E-state index is 0.181. The van der Waals surface area contributed by atoms with E-state index in [1.54, 1.807) is 0 Å². The number of carbonyl (C=O) groups is 1. The fourth-order valence-corrected chi connectivity index (χ4v) is 3.62. The molecule has 22 heavy (non-hydrogen) atoms. The van der Waals surface area contributed by atoms with Crippen LogP contribution in [0.4, 0.5) is 0 Å². The second-order valence-corrected chi connectivity index (χ2v) is 6.31. The van der Waals surface area contributed by atoms with Crippen LogP contribution in [0.15, 0.2) is 24.5 Å². The molecule has 5 nitrogen and oxygen atoms in total. The molecule has 0 saturated carbocycles. The van der Waals surface area contributed by atoms with Crippen LogP contribution < -0.4 is 0 Å². The SMILES string of the molecule is CCN1CCN(C(=O)[C@H]2CC=CCC2)C[C@H]1c1nccn1C. The molecule has 0 unspecified atom stereocenters. The van der Waals surface area contributed by atoms with Gasteiger partial charge in [0, 0.05) is 45.0 Å². The van der Waals surface area contributed by atoms with Gasteiger partial charge in [0.2, 0.25) is 5.91 Å². The Bertz CT molecular complexity index is 551. The molecule has 1 aliphatic heterocycles. The number of hydrogen-bond acceptors (Lipinski definition) is 3. The van der Waals surface area contributed by atoms with E-state index in [1.807, 2.05) is 19.4 Å². The molecular weight excluding hydrogens is 276 g/mol. The lowest BCUT2D eigenvalue weighted by molar-refractivity contribution is -0.139. The van der Waals surface area contributed by atoms with Gasteiger partial charge in [0.05, 0.1) is 6.04 Å². The van der Waals surface area contributed by atoms with Crippen LogP contribution in [-0.4, -0.2) is 51.4 Å². The quantitative estimate of drug-likeness (QED) is 0.802. The number of rotatable bonds is 3. The first-order valence-electron chi connectivity index (χ1n) is 8.35. The maximum Gasteiger partial charge on any atom is 0.226 e. The maximum absolute atomic E-state index is 12.8. The Labute approximate surface area is 132 Å². The van der Waals surface area contributed by atoms with Crippen LogP contribution in [-0.2, 0) is 11.8 Å². The average molecular weight is 302 g/mol. The predicted octanol–water partition coefficient (Wildman–Crippen LogP) is 1.98. The molecule has 1 aliphatic carbocycles. The average Bonchev–Trinajstić information content (AvgIpc) is 3.00. The summed E-state index contributed by atoms with van der Waals surface area (Å²) in [5.74, 6) is 1.57. The third kappa shape index (κ3) is 2.95. The number of likely N-dealkylation sites (N-methyl/N-ethyl adjacent to an activating group) is 1. The molecule has 1 aromatic rings. The molecule has 0 radical (unpaired) electrons. The summed E-state index contributed by atoms with van der Waals surface area (Å²) in [5, 5.41) is 0. The van der Waals surface area contributed by atoms with Gasteiger partial charge in [-0.05, 0) is 25.8 Å². The highest BCUT2D eigenvalue weighted by atomic mass is 16.2. The van der Waals surface area contributed by atoms with E-state index < -0.39 is 0 Å². The van der Waals surface area contributed by atoms with E-state index in [0.29, 0.717) is 5.91 Å². The molecule has 3 rings (SSSR count). The van der Waals surface area contributed by atoms with Gasteiger partial charge in [0.15, 0.2) is 0 Å². The van der Waals surface area contributed by atoms with E-state index in [2.05, 4.69) is 38.4 Å². The second kappa shape index (κ2) is 6.65. The molecule has 0 spiro atoms. The minimum Gasteiger partial charge on any atom is -0.339 e. The lowest BCUT2D eigenvalue weighted by atomic mass is 9.92. The number of piperazine rings is 1. The normalized spacial score (nSPS) is 26.4. The highest BCUT2D eigenvalue weighted by Crippen LogP contribution is 2.27. The highest BCUT2D eigenvalue weighted by Gasteiger charge is 2.34. The van der Waals surface area contributed by atoms with Crippen molar-refractivity contribution in [1.82, 2.24) is 19.4 Å². The summed E-state index contributed by atoms with van der Waals surface area (Å²) in [6.45, 7) is 5.71. The predicted molar refractivity (Wildman–Crippen MR) is 86.3 cm³/mol. The molecule has 0 N–H and O–H groups in total. The Kier molecular flexibility index (Phi) is 4.62. The van der Waals surface area contributed by atoms with Gasteiger partial charge in [0.25, 0.3) is 0 Å². The van der Waals surface area contributed by atoms with Crippen LogP contribution in [0.2, 0.25) is 0 Å². The number of aryl methyl sites for hydroxylation is 1. The van der Waals surface area contributed by atoms with E-state index in [-0.39, 0.29) is 12.0 Å². The van der Waals surface area contributed by atoms with E-state index in [0.717, 1.165) is 51.3 Å². The number of amides is 1. The zero-order valence-electron chi connectivity index (χ0n) is 13.6. The highest BCUT2D eigenvalue weighted by molar-refractivity contribution is 5.79. The Morgan fingerprint density at radius 1 is 1.36 bits per heavy atom. The number of nitrogens with zero attached hydrogens (tertiary/aromatic N) is 4. The van der Waals surface area contributed by atoms with Crippen LogP contribution in [0, 0.1) is 5.92 Å². The summed E-state index contributed by atoms with van der Waals surface area (Å²) in [6, 6.07) is 0.210. The van der Waals surface area contributed by atoms with E-state index in [9.17, 15) is 4.79 Å². The molecule has 2 atom stereocenters. The summed E-state index contributed by atoms with van der Waals surface area (Å²) in [6.07, 6.45) is 11.1. The summed E-state index contributed by atoms with van der Waals surface area (Å²) in [5.41, 5.74) is 0. The molecule has 1 saturated heterocycles. The first-order valence-corrected chi connectivity index (χ1v) is 8.35. The summed E-state index contributed by atoms with van der Waals surface area (Å²) < 4.78 is 2.07. The maximum atomic E-state index is 12.8. The lowest BCUT2D eigenvalue weighted by Gasteiger charge is -2.41. The Morgan fingerprint density at radius 2 is 2.23 bits per heavy atom. The molecule has 1 fully saturated rings. The van der Waals surface area contributed by atoms with Gasteiger partial charge in [-0.2, -0.15) is 0 Å². The number of imidazole rings is 1. The van der Waals surface area contributed by atoms with E-state index in [1.165, 1.54) is 0 Å². The smallest absolute Gasteiger partial charge is 0.226 e. The Morgan fingerprint density at radius 3 is 2.86 bits per heavy atom. The lowest BCUT2D eigenvalue weighted by Crippen LogP contribution is -2.52. The van der Waals surface area contributed by atoms with Crippen molar-refractivity contribution in [3.05, 3.63) is 30.4 Å². The van der Waals surface area contributed by atoms with Gasteiger partial charge in [-0.1, -0.05) is 19.1 Å². The van der Waals surface area contributed by atoms with E-state index in [4.69, 9.17) is 0 Å². The molecule has 0 aromatic carbocycles. The van der Waals surface area contributed by atoms with Crippen molar-refractivity contribution in [2.45, 2.75) is 32.2 Å². The Hall–Kier alpha value is -1.62. The van der Waals surface area contributed by atoms with Crippen LogP contribution >= 0.6 is 0 Å². The van der Waals surface area contributed by atoms with Crippen molar-refractivity contribution in [3.63, 3.8) is 0 Å². The number of hydrogen-bond donors (Lipinski definition) is 0. The number of allylic oxidation sites excluding steroid dienone is 2. The van der Waals surface area contributed by atoms with Gasteiger partial charge in [-0.15, -0.1) is 0 Å². The van der Waals surface area contributed by atoms with Gasteiger partial charge in [-0.25, -0.2) is 4.98 Å². The van der Waals surface area contributed by atoms with Crippen molar-refractivity contribution < 1.29 is 4.79 Å². The molecule has 2 heterocycles. The Balaban J connectivity index is 1.74. The number of carbonyl (C=O) groups excluding carboxylic acids is 1. The fourth-order valence-electron chi connectivity index (χ4n) is 3.62. The van der Waals surface area contributed by atoms with Crippen LogP contribution in [0.5, 0.6) is 0 Å². The molecule has 5 heteroatoms. The fraction of sp³-hybridized carbons (Fsp3) is 0.647. The van der Waals surface area contributed by atoms with Crippen molar-refractivity contribution in [1.29, 1.82) is 0 Å². The monoisotopic (exact) mass is 302 g/mol. The van der Waals surface area contributed by atoms with Gasteiger partial charge >= 0.3 is 0 Å². The molecule has 1 aromatic heterocycles. The van der Waals surface area contributed by atoms with Crippen LogP contribution in [0.3, 0.4) is 0 Å². The first-order chi connectivity index (χ1) is 10.7. The number of aromatic nitrogens is 2. The van der Waals surface area contributed by atoms with Crippen molar-refractivity contribution in [2.24, 2.45) is 13.0 Å². The zero-order chi connectivity index (χ0) is 15.5.